The third-order valence-corrected chi connectivity index (χ3v) is 4.94. The van der Waals surface area contributed by atoms with Crippen LogP contribution < -0.4 is 16.0 Å². The lowest BCUT2D eigenvalue weighted by molar-refractivity contribution is -0.130. The van der Waals surface area contributed by atoms with Gasteiger partial charge in [0.25, 0.3) is 0 Å². The Labute approximate surface area is 174 Å². The van der Waals surface area contributed by atoms with Crippen LogP contribution in [-0.4, -0.2) is 41.9 Å². The van der Waals surface area contributed by atoms with Gasteiger partial charge in [-0.15, -0.1) is 0 Å². The molecule has 1 heterocycles. The molecule has 0 aliphatic carbocycles. The maximum Gasteiger partial charge on any atom is 0.319 e. The zero-order chi connectivity index (χ0) is 21.3. The smallest absolute Gasteiger partial charge is 0.319 e. The highest BCUT2D eigenvalue weighted by atomic mass is 19.1. The summed E-state index contributed by atoms with van der Waals surface area (Å²) in [7, 11) is 0. The zero-order valence-corrected chi connectivity index (χ0v) is 16.5. The Bertz CT molecular complexity index is 849. The van der Waals surface area contributed by atoms with Crippen molar-refractivity contribution in [3.63, 3.8) is 0 Å². The van der Waals surface area contributed by atoms with Gasteiger partial charge in [0, 0.05) is 12.2 Å². The average Bonchev–Trinajstić information content (AvgIpc) is 2.74. The molecule has 1 fully saturated rings. The van der Waals surface area contributed by atoms with Crippen LogP contribution in [0.15, 0.2) is 54.6 Å². The van der Waals surface area contributed by atoms with Gasteiger partial charge in [0.2, 0.25) is 5.91 Å². The van der Waals surface area contributed by atoms with Crippen molar-refractivity contribution in [2.75, 3.05) is 11.9 Å². The van der Waals surface area contributed by atoms with Gasteiger partial charge in [-0.25, -0.2) is 9.18 Å². The van der Waals surface area contributed by atoms with Crippen molar-refractivity contribution in [1.82, 2.24) is 10.6 Å². The number of hydrogen-bond acceptors (Lipinski definition) is 4. The van der Waals surface area contributed by atoms with Crippen LogP contribution in [0, 0.1) is 5.82 Å². The SMILES string of the molecule is O=C(C[C@@H]1CC[C@@H](NC(=O)Nc2ccccc2)[C@@H](CO)O1)NCc1cccc(F)c1. The molecule has 7 nitrogen and oxygen atoms in total. The number of nitrogens with one attached hydrogen (secondary N) is 3. The van der Waals surface area contributed by atoms with Gasteiger partial charge in [-0.1, -0.05) is 30.3 Å². The quantitative estimate of drug-likeness (QED) is 0.558. The van der Waals surface area contributed by atoms with Crippen LogP contribution in [-0.2, 0) is 16.1 Å². The van der Waals surface area contributed by atoms with Crippen molar-refractivity contribution < 1.29 is 23.8 Å². The van der Waals surface area contributed by atoms with Gasteiger partial charge in [0.1, 0.15) is 11.9 Å². The topological polar surface area (TPSA) is 99.7 Å². The molecule has 1 aliphatic heterocycles. The van der Waals surface area contributed by atoms with Crippen LogP contribution >= 0.6 is 0 Å². The van der Waals surface area contributed by atoms with E-state index in [9.17, 15) is 19.1 Å². The number of benzene rings is 2. The summed E-state index contributed by atoms with van der Waals surface area (Å²) in [6.45, 7) is -0.0335. The Morgan fingerprint density at radius 2 is 1.90 bits per heavy atom. The Morgan fingerprint density at radius 1 is 1.10 bits per heavy atom. The first-order chi connectivity index (χ1) is 14.5. The Hall–Kier alpha value is -2.97. The van der Waals surface area contributed by atoms with Crippen LogP contribution in [0.25, 0.3) is 0 Å². The maximum absolute atomic E-state index is 13.2. The second kappa shape index (κ2) is 10.7. The molecule has 3 amide bonds. The van der Waals surface area contributed by atoms with Crippen molar-refractivity contribution in [2.24, 2.45) is 0 Å². The van der Waals surface area contributed by atoms with Gasteiger partial charge in [-0.2, -0.15) is 0 Å². The normalized spacial score (nSPS) is 20.9. The van der Waals surface area contributed by atoms with E-state index in [1.807, 2.05) is 18.2 Å². The minimum atomic E-state index is -0.596. The Balaban J connectivity index is 1.44. The third kappa shape index (κ3) is 6.53. The molecule has 2 aromatic carbocycles. The summed E-state index contributed by atoms with van der Waals surface area (Å²) in [4.78, 5) is 24.4. The molecule has 0 saturated carbocycles. The second-order valence-corrected chi connectivity index (χ2v) is 7.24. The molecule has 1 aliphatic rings. The van der Waals surface area contributed by atoms with E-state index in [0.29, 0.717) is 24.1 Å². The van der Waals surface area contributed by atoms with Crippen molar-refractivity contribution in [1.29, 1.82) is 0 Å². The number of ether oxygens (including phenoxy) is 1. The lowest BCUT2D eigenvalue weighted by Crippen LogP contribution is -2.52. The van der Waals surface area contributed by atoms with Crippen molar-refractivity contribution >= 4 is 17.6 Å². The summed E-state index contributed by atoms with van der Waals surface area (Å²) >= 11 is 0. The van der Waals surface area contributed by atoms with E-state index >= 15 is 0 Å². The number of amides is 3. The number of rotatable bonds is 7. The number of urea groups is 1. The molecular weight excluding hydrogens is 389 g/mol. The minimum Gasteiger partial charge on any atom is -0.394 e. The summed E-state index contributed by atoms with van der Waals surface area (Å²) in [5.41, 5.74) is 1.34. The van der Waals surface area contributed by atoms with Crippen molar-refractivity contribution in [2.45, 2.75) is 44.1 Å². The standard InChI is InChI=1S/C22H26FN3O4/c23-16-6-4-5-15(11-16)13-24-21(28)12-18-9-10-19(20(14-27)30-18)26-22(29)25-17-7-2-1-3-8-17/h1-8,11,18-20,27H,9-10,12-14H2,(H,24,28)(H2,25,26,29)/t18-,19+,20+/m0/s1. The molecule has 0 spiro atoms. The van der Waals surface area contributed by atoms with E-state index in [1.54, 1.807) is 24.3 Å². The number of hydrogen-bond donors (Lipinski definition) is 4. The van der Waals surface area contributed by atoms with E-state index in [2.05, 4.69) is 16.0 Å². The Morgan fingerprint density at radius 3 is 2.63 bits per heavy atom. The number of aliphatic hydroxyl groups is 1. The fourth-order valence-corrected chi connectivity index (χ4v) is 3.43. The minimum absolute atomic E-state index is 0.134. The molecule has 0 bridgehead atoms. The van der Waals surface area contributed by atoms with E-state index in [1.165, 1.54) is 12.1 Å². The van der Waals surface area contributed by atoms with Crippen LogP contribution in [0.4, 0.5) is 14.9 Å². The number of aliphatic hydroxyl groups excluding tert-OH is 1. The number of halogens is 1. The monoisotopic (exact) mass is 415 g/mol. The van der Waals surface area contributed by atoms with E-state index in [0.717, 1.165) is 0 Å². The van der Waals surface area contributed by atoms with Gasteiger partial charge in [0.05, 0.1) is 25.2 Å². The first-order valence-corrected chi connectivity index (χ1v) is 9.93. The molecule has 3 rings (SSSR count). The van der Waals surface area contributed by atoms with Gasteiger partial charge < -0.3 is 25.8 Å². The first-order valence-electron chi connectivity index (χ1n) is 9.93. The van der Waals surface area contributed by atoms with Gasteiger partial charge in [0.15, 0.2) is 0 Å². The zero-order valence-electron chi connectivity index (χ0n) is 16.5. The molecule has 1 saturated heterocycles. The first kappa shape index (κ1) is 21.7. The van der Waals surface area contributed by atoms with Crippen molar-refractivity contribution in [3.8, 4) is 0 Å². The highest BCUT2D eigenvalue weighted by molar-refractivity contribution is 5.89. The molecule has 30 heavy (non-hydrogen) atoms. The average molecular weight is 415 g/mol. The van der Waals surface area contributed by atoms with Gasteiger partial charge in [-0.3, -0.25) is 4.79 Å². The molecule has 3 atom stereocenters. The number of anilines is 1. The fraction of sp³-hybridized carbons (Fsp3) is 0.364. The van der Waals surface area contributed by atoms with E-state index < -0.39 is 6.10 Å². The Kier molecular flexibility index (Phi) is 7.75. The number of carbonyl (C=O) groups excluding carboxylic acids is 2. The number of carbonyl (C=O) groups is 2. The highest BCUT2D eigenvalue weighted by Gasteiger charge is 2.32. The second-order valence-electron chi connectivity index (χ2n) is 7.24. The third-order valence-electron chi connectivity index (χ3n) is 4.94. The highest BCUT2D eigenvalue weighted by Crippen LogP contribution is 2.22. The van der Waals surface area contributed by atoms with Crippen LogP contribution in [0.2, 0.25) is 0 Å². The predicted molar refractivity (Wildman–Crippen MR) is 110 cm³/mol. The molecule has 0 radical (unpaired) electrons. The molecule has 0 aromatic heterocycles. The lowest BCUT2D eigenvalue weighted by atomic mass is 9.97. The van der Waals surface area contributed by atoms with E-state index in [-0.39, 0.29) is 49.5 Å². The molecular formula is C22H26FN3O4. The van der Waals surface area contributed by atoms with E-state index in [4.69, 9.17) is 4.74 Å². The summed E-state index contributed by atoms with van der Waals surface area (Å²) < 4.78 is 19.0. The number of para-hydroxylation sites is 1. The molecule has 160 valence electrons. The summed E-state index contributed by atoms with van der Waals surface area (Å²) in [5, 5.41) is 18.0. The van der Waals surface area contributed by atoms with Gasteiger partial charge >= 0.3 is 6.03 Å². The largest absolute Gasteiger partial charge is 0.394 e. The summed E-state index contributed by atoms with van der Waals surface area (Å²) in [6.07, 6.45) is 0.329. The summed E-state index contributed by atoms with van der Waals surface area (Å²) in [6, 6.07) is 14.4. The fourth-order valence-electron chi connectivity index (χ4n) is 3.43. The van der Waals surface area contributed by atoms with Crippen LogP contribution in [0.3, 0.4) is 0 Å². The summed E-state index contributed by atoms with van der Waals surface area (Å²) in [5.74, 6) is -0.563. The molecule has 2 aromatic rings. The van der Waals surface area contributed by atoms with Crippen LogP contribution in [0.1, 0.15) is 24.8 Å². The predicted octanol–water partition coefficient (Wildman–Crippen LogP) is 2.56. The van der Waals surface area contributed by atoms with Gasteiger partial charge in [-0.05, 0) is 42.7 Å². The molecule has 8 heteroatoms. The lowest BCUT2D eigenvalue weighted by Gasteiger charge is -2.35. The molecule has 4 N–H and O–H groups in total. The molecule has 0 unspecified atom stereocenters. The van der Waals surface area contributed by atoms with Crippen molar-refractivity contribution in [3.05, 3.63) is 66.0 Å². The maximum atomic E-state index is 13.2. The van der Waals surface area contributed by atoms with Crippen LogP contribution in [0.5, 0.6) is 0 Å².